The van der Waals surface area contributed by atoms with Crippen LogP contribution in [-0.4, -0.2) is 5.91 Å². The molecule has 100 valence electrons. The molecule has 0 radical (unpaired) electrons. The zero-order valence-electron chi connectivity index (χ0n) is 10.7. The van der Waals surface area contributed by atoms with Gasteiger partial charge in [0.2, 0.25) is 5.91 Å². The van der Waals surface area contributed by atoms with E-state index in [-0.39, 0.29) is 5.91 Å². The summed E-state index contributed by atoms with van der Waals surface area (Å²) in [6.07, 6.45) is 0. The molecule has 2 rings (SSSR count). The summed E-state index contributed by atoms with van der Waals surface area (Å²) in [4.78, 5) is 12.7. The Kier molecular flexibility index (Phi) is 4.67. The van der Waals surface area contributed by atoms with Gasteiger partial charge in [-0.15, -0.1) is 0 Å². The quantitative estimate of drug-likeness (QED) is 0.918. The average Bonchev–Trinajstić information content (AvgIpc) is 2.41. The average molecular weight is 303 g/mol. The van der Waals surface area contributed by atoms with Crippen LogP contribution >= 0.6 is 23.4 Å². The van der Waals surface area contributed by atoms with Gasteiger partial charge in [0, 0.05) is 27.4 Å². The van der Waals surface area contributed by atoms with Gasteiger partial charge in [0.15, 0.2) is 0 Å². The fourth-order valence-corrected chi connectivity index (χ4v) is 2.78. The van der Waals surface area contributed by atoms with Crippen molar-refractivity contribution in [1.82, 2.24) is 0 Å². The Morgan fingerprint density at radius 3 is 2.55 bits per heavy atom. The molecule has 20 heavy (non-hydrogen) atoms. The van der Waals surface area contributed by atoms with Crippen LogP contribution in [0.5, 0.6) is 0 Å². The monoisotopic (exact) mass is 302 g/mol. The van der Waals surface area contributed by atoms with Crippen molar-refractivity contribution < 1.29 is 4.79 Å². The highest BCUT2D eigenvalue weighted by Gasteiger charge is 2.05. The van der Waals surface area contributed by atoms with Gasteiger partial charge in [0.05, 0.1) is 5.56 Å². The van der Waals surface area contributed by atoms with Gasteiger partial charge in [-0.1, -0.05) is 23.4 Å². The van der Waals surface area contributed by atoms with Gasteiger partial charge in [0.25, 0.3) is 0 Å². The number of amides is 1. The molecule has 0 aliphatic heterocycles. The first-order valence-electron chi connectivity index (χ1n) is 5.83. The maximum atomic E-state index is 10.9. The number of benzene rings is 2. The van der Waals surface area contributed by atoms with E-state index in [0.717, 1.165) is 15.5 Å². The Morgan fingerprint density at radius 2 is 1.95 bits per heavy atom. The molecular formula is C15H11ClN2OS. The van der Waals surface area contributed by atoms with Crippen molar-refractivity contribution >= 4 is 35.0 Å². The number of hydrogen-bond acceptors (Lipinski definition) is 3. The van der Waals surface area contributed by atoms with Crippen LogP contribution in [0.25, 0.3) is 0 Å². The Morgan fingerprint density at radius 1 is 1.25 bits per heavy atom. The molecule has 0 aromatic heterocycles. The molecule has 0 unspecified atom stereocenters. The van der Waals surface area contributed by atoms with E-state index in [0.29, 0.717) is 10.6 Å². The van der Waals surface area contributed by atoms with Crippen LogP contribution in [0, 0.1) is 11.3 Å². The van der Waals surface area contributed by atoms with E-state index >= 15 is 0 Å². The molecule has 5 heteroatoms. The zero-order valence-corrected chi connectivity index (χ0v) is 12.3. The predicted molar refractivity (Wildman–Crippen MR) is 81.0 cm³/mol. The molecule has 1 N–H and O–H groups in total. The molecule has 0 bridgehead atoms. The summed E-state index contributed by atoms with van der Waals surface area (Å²) >= 11 is 7.41. The lowest BCUT2D eigenvalue weighted by atomic mass is 10.2. The third-order valence-electron chi connectivity index (χ3n) is 2.47. The minimum absolute atomic E-state index is 0.105. The Labute approximate surface area is 126 Å². The molecule has 2 aromatic rings. The van der Waals surface area contributed by atoms with Crippen molar-refractivity contribution in [2.75, 3.05) is 5.32 Å². The number of nitrogens with zero attached hydrogens (tertiary/aromatic N) is 1. The fraction of sp³-hybridized carbons (Fsp3) is 0.0667. The minimum Gasteiger partial charge on any atom is -0.326 e. The fourth-order valence-electron chi connectivity index (χ4n) is 1.61. The van der Waals surface area contributed by atoms with Crippen LogP contribution in [0.15, 0.2) is 52.3 Å². The highest BCUT2D eigenvalue weighted by Crippen LogP contribution is 2.32. The largest absolute Gasteiger partial charge is 0.326 e. The number of halogens is 1. The molecule has 0 fully saturated rings. The van der Waals surface area contributed by atoms with E-state index in [1.165, 1.54) is 18.7 Å². The Hall–Kier alpha value is -1.96. The molecule has 2 aromatic carbocycles. The second-order valence-corrected chi connectivity index (χ2v) is 5.61. The minimum atomic E-state index is -0.105. The van der Waals surface area contributed by atoms with Gasteiger partial charge in [-0.2, -0.15) is 5.26 Å². The van der Waals surface area contributed by atoms with E-state index in [1.807, 2.05) is 24.3 Å². The molecule has 1 amide bonds. The highest BCUT2D eigenvalue weighted by molar-refractivity contribution is 7.99. The van der Waals surface area contributed by atoms with Gasteiger partial charge in [-0.3, -0.25) is 4.79 Å². The second-order valence-electron chi connectivity index (χ2n) is 4.06. The lowest BCUT2D eigenvalue weighted by Crippen LogP contribution is -2.05. The van der Waals surface area contributed by atoms with Crippen molar-refractivity contribution in [3.8, 4) is 6.07 Å². The first-order valence-corrected chi connectivity index (χ1v) is 7.03. The Balaban J connectivity index is 2.20. The SMILES string of the molecule is CC(=O)Nc1ccc(Sc2cc(Cl)ccc2C#N)cc1. The summed E-state index contributed by atoms with van der Waals surface area (Å²) in [5, 5.41) is 12.4. The maximum Gasteiger partial charge on any atom is 0.221 e. The van der Waals surface area contributed by atoms with Crippen LogP contribution in [0.3, 0.4) is 0 Å². The standard InChI is InChI=1S/C15H11ClN2OS/c1-10(19)18-13-4-6-14(7-5-13)20-15-8-12(16)3-2-11(15)9-17/h2-8H,1H3,(H,18,19). The van der Waals surface area contributed by atoms with Crippen molar-refractivity contribution in [3.05, 3.63) is 53.1 Å². The third-order valence-corrected chi connectivity index (χ3v) is 3.77. The van der Waals surface area contributed by atoms with Gasteiger partial charge < -0.3 is 5.32 Å². The molecule has 0 heterocycles. The molecule has 0 aliphatic carbocycles. The van der Waals surface area contributed by atoms with Crippen LogP contribution in [-0.2, 0) is 4.79 Å². The Bertz CT molecular complexity index is 677. The second kappa shape index (κ2) is 6.47. The van der Waals surface area contributed by atoms with E-state index in [2.05, 4.69) is 11.4 Å². The number of rotatable bonds is 3. The lowest BCUT2D eigenvalue weighted by molar-refractivity contribution is -0.114. The van der Waals surface area contributed by atoms with E-state index in [4.69, 9.17) is 16.9 Å². The number of carbonyl (C=O) groups excluding carboxylic acids is 1. The first-order chi connectivity index (χ1) is 9.58. The number of anilines is 1. The topological polar surface area (TPSA) is 52.9 Å². The molecule has 0 saturated heterocycles. The number of hydrogen-bond donors (Lipinski definition) is 1. The summed E-state index contributed by atoms with van der Waals surface area (Å²) in [7, 11) is 0. The lowest BCUT2D eigenvalue weighted by Gasteiger charge is -2.06. The maximum absolute atomic E-state index is 10.9. The third kappa shape index (κ3) is 3.77. The van der Waals surface area contributed by atoms with Crippen molar-refractivity contribution in [2.45, 2.75) is 16.7 Å². The number of carbonyl (C=O) groups is 1. The van der Waals surface area contributed by atoms with Crippen LogP contribution < -0.4 is 5.32 Å². The highest BCUT2D eigenvalue weighted by atomic mass is 35.5. The van der Waals surface area contributed by atoms with Gasteiger partial charge in [0.1, 0.15) is 6.07 Å². The molecule has 0 saturated carbocycles. The summed E-state index contributed by atoms with van der Waals surface area (Å²) in [5.74, 6) is -0.105. The van der Waals surface area contributed by atoms with Gasteiger partial charge >= 0.3 is 0 Å². The smallest absolute Gasteiger partial charge is 0.221 e. The van der Waals surface area contributed by atoms with Crippen LogP contribution in [0.2, 0.25) is 5.02 Å². The van der Waals surface area contributed by atoms with Crippen LogP contribution in [0.4, 0.5) is 5.69 Å². The van der Waals surface area contributed by atoms with E-state index in [9.17, 15) is 4.79 Å². The molecule has 0 atom stereocenters. The molecule has 0 spiro atoms. The van der Waals surface area contributed by atoms with Crippen molar-refractivity contribution in [3.63, 3.8) is 0 Å². The van der Waals surface area contributed by atoms with E-state index in [1.54, 1.807) is 18.2 Å². The predicted octanol–water partition coefficient (Wildman–Crippen LogP) is 4.32. The molecular weight excluding hydrogens is 292 g/mol. The summed E-state index contributed by atoms with van der Waals surface area (Å²) in [6.45, 7) is 1.47. The van der Waals surface area contributed by atoms with Crippen molar-refractivity contribution in [1.29, 1.82) is 5.26 Å². The summed E-state index contributed by atoms with van der Waals surface area (Å²) in [5.41, 5.74) is 1.33. The zero-order chi connectivity index (χ0) is 14.5. The van der Waals surface area contributed by atoms with Crippen LogP contribution in [0.1, 0.15) is 12.5 Å². The normalized spacial score (nSPS) is 9.85. The molecule has 3 nitrogen and oxygen atoms in total. The van der Waals surface area contributed by atoms with Crippen molar-refractivity contribution in [2.24, 2.45) is 0 Å². The summed E-state index contributed by atoms with van der Waals surface area (Å²) < 4.78 is 0. The van der Waals surface area contributed by atoms with E-state index < -0.39 is 0 Å². The van der Waals surface area contributed by atoms with Gasteiger partial charge in [-0.05, 0) is 42.5 Å². The number of nitriles is 1. The summed E-state index contributed by atoms with van der Waals surface area (Å²) in [6, 6.07) is 14.7. The number of nitrogens with one attached hydrogen (secondary N) is 1. The van der Waals surface area contributed by atoms with Gasteiger partial charge in [-0.25, -0.2) is 0 Å². The molecule has 0 aliphatic rings. The first kappa shape index (κ1) is 14.4.